The first-order valence-corrected chi connectivity index (χ1v) is 3.98. The molecule has 0 fully saturated rings. The Kier molecular flexibility index (Phi) is 3.10. The van der Waals surface area contributed by atoms with Crippen LogP contribution in [0.15, 0.2) is 29.8 Å². The van der Waals surface area contributed by atoms with Crippen LogP contribution in [0.5, 0.6) is 5.75 Å². The van der Waals surface area contributed by atoms with Crippen LogP contribution in [0.4, 0.5) is 0 Å². The second-order valence-electron chi connectivity index (χ2n) is 2.71. The number of nitriles is 1. The van der Waals surface area contributed by atoms with Gasteiger partial charge in [0.15, 0.2) is 0 Å². The molecule has 0 heterocycles. The Morgan fingerprint density at radius 1 is 1.38 bits per heavy atom. The highest BCUT2D eigenvalue weighted by atomic mass is 16.5. The quantitative estimate of drug-likeness (QED) is 0.644. The van der Waals surface area contributed by atoms with E-state index in [0.29, 0.717) is 5.57 Å². The molecule has 0 spiro atoms. The SMILES string of the molecule is COc1ccc(/C=C(/C)C#N)cc1. The van der Waals surface area contributed by atoms with Crippen LogP contribution in [-0.2, 0) is 0 Å². The van der Waals surface area contributed by atoms with E-state index in [2.05, 4.69) is 6.07 Å². The zero-order valence-corrected chi connectivity index (χ0v) is 7.74. The van der Waals surface area contributed by atoms with Gasteiger partial charge in [0.05, 0.1) is 13.2 Å². The van der Waals surface area contributed by atoms with Crippen LogP contribution in [0, 0.1) is 11.3 Å². The van der Waals surface area contributed by atoms with Crippen LogP contribution >= 0.6 is 0 Å². The van der Waals surface area contributed by atoms with Gasteiger partial charge >= 0.3 is 0 Å². The van der Waals surface area contributed by atoms with Gasteiger partial charge in [-0.25, -0.2) is 0 Å². The standard InChI is InChI=1S/C11H11NO/c1-9(8-12)7-10-3-5-11(13-2)6-4-10/h3-7H,1-2H3/b9-7-. The highest BCUT2D eigenvalue weighted by Crippen LogP contribution is 2.13. The number of allylic oxidation sites excluding steroid dienone is 1. The van der Waals surface area contributed by atoms with Gasteiger partial charge in [-0.15, -0.1) is 0 Å². The van der Waals surface area contributed by atoms with E-state index in [-0.39, 0.29) is 0 Å². The molecule has 0 aliphatic carbocycles. The van der Waals surface area contributed by atoms with Crippen molar-refractivity contribution < 1.29 is 4.74 Å². The molecular weight excluding hydrogens is 162 g/mol. The summed E-state index contributed by atoms with van der Waals surface area (Å²) in [4.78, 5) is 0. The highest BCUT2D eigenvalue weighted by Gasteiger charge is 1.91. The molecule has 1 rings (SSSR count). The fraction of sp³-hybridized carbons (Fsp3) is 0.182. The Hall–Kier alpha value is -1.75. The molecule has 0 aliphatic heterocycles. The van der Waals surface area contributed by atoms with E-state index in [1.807, 2.05) is 30.3 Å². The third-order valence-electron chi connectivity index (χ3n) is 1.68. The lowest BCUT2D eigenvalue weighted by atomic mass is 10.1. The summed E-state index contributed by atoms with van der Waals surface area (Å²) in [7, 11) is 1.63. The summed E-state index contributed by atoms with van der Waals surface area (Å²) in [5.41, 5.74) is 1.71. The van der Waals surface area contributed by atoms with Crippen molar-refractivity contribution in [1.29, 1.82) is 5.26 Å². The van der Waals surface area contributed by atoms with Crippen LogP contribution in [0.3, 0.4) is 0 Å². The van der Waals surface area contributed by atoms with E-state index in [1.54, 1.807) is 14.0 Å². The Morgan fingerprint density at radius 2 is 2.00 bits per heavy atom. The molecule has 66 valence electrons. The Morgan fingerprint density at radius 3 is 2.46 bits per heavy atom. The van der Waals surface area contributed by atoms with E-state index in [1.165, 1.54) is 0 Å². The zero-order valence-electron chi connectivity index (χ0n) is 7.74. The molecule has 0 aromatic heterocycles. The molecule has 0 bridgehead atoms. The Bertz CT molecular complexity index is 343. The van der Waals surface area contributed by atoms with E-state index >= 15 is 0 Å². The van der Waals surface area contributed by atoms with Crippen molar-refractivity contribution >= 4 is 6.08 Å². The number of benzene rings is 1. The van der Waals surface area contributed by atoms with Gasteiger partial charge in [-0.3, -0.25) is 0 Å². The zero-order chi connectivity index (χ0) is 9.68. The van der Waals surface area contributed by atoms with Crippen LogP contribution in [0.2, 0.25) is 0 Å². The van der Waals surface area contributed by atoms with Crippen molar-refractivity contribution in [3.63, 3.8) is 0 Å². The normalized spacial score (nSPS) is 10.7. The first kappa shape index (κ1) is 9.34. The molecule has 1 aromatic carbocycles. The molecule has 0 amide bonds. The molecule has 0 aliphatic rings. The second-order valence-corrected chi connectivity index (χ2v) is 2.71. The summed E-state index contributed by atoms with van der Waals surface area (Å²) in [6.07, 6.45) is 1.83. The number of rotatable bonds is 2. The number of methoxy groups -OCH3 is 1. The molecule has 0 saturated heterocycles. The molecular formula is C11H11NO. The van der Waals surface area contributed by atoms with Gasteiger partial charge < -0.3 is 4.74 Å². The predicted molar refractivity (Wildman–Crippen MR) is 52.3 cm³/mol. The summed E-state index contributed by atoms with van der Waals surface area (Å²) in [6.45, 7) is 1.78. The van der Waals surface area contributed by atoms with Gasteiger partial charge in [0.25, 0.3) is 0 Å². The van der Waals surface area contributed by atoms with E-state index < -0.39 is 0 Å². The van der Waals surface area contributed by atoms with Crippen molar-refractivity contribution in [2.45, 2.75) is 6.92 Å². The van der Waals surface area contributed by atoms with Gasteiger partial charge in [0.2, 0.25) is 0 Å². The summed E-state index contributed by atoms with van der Waals surface area (Å²) in [5.74, 6) is 0.826. The van der Waals surface area contributed by atoms with E-state index in [0.717, 1.165) is 11.3 Å². The fourth-order valence-electron chi connectivity index (χ4n) is 0.982. The molecule has 2 nitrogen and oxygen atoms in total. The maximum Gasteiger partial charge on any atom is 0.118 e. The predicted octanol–water partition coefficient (Wildman–Crippen LogP) is 2.62. The molecule has 0 saturated carbocycles. The average molecular weight is 173 g/mol. The lowest BCUT2D eigenvalue weighted by Crippen LogP contribution is -1.81. The third-order valence-corrected chi connectivity index (χ3v) is 1.68. The maximum absolute atomic E-state index is 8.55. The number of ether oxygens (including phenoxy) is 1. The van der Waals surface area contributed by atoms with Gasteiger partial charge in [-0.05, 0) is 30.7 Å². The highest BCUT2D eigenvalue weighted by molar-refractivity contribution is 5.56. The second kappa shape index (κ2) is 4.32. The number of nitrogens with zero attached hydrogens (tertiary/aromatic N) is 1. The summed E-state index contributed by atoms with van der Waals surface area (Å²) in [6, 6.07) is 9.65. The molecule has 2 heteroatoms. The first-order chi connectivity index (χ1) is 6.26. The summed E-state index contributed by atoms with van der Waals surface area (Å²) < 4.78 is 5.01. The minimum absolute atomic E-state index is 0.699. The minimum Gasteiger partial charge on any atom is -0.497 e. The summed E-state index contributed by atoms with van der Waals surface area (Å²) in [5, 5.41) is 8.55. The van der Waals surface area contributed by atoms with Crippen LogP contribution < -0.4 is 4.74 Å². The molecule has 0 N–H and O–H groups in total. The van der Waals surface area contributed by atoms with Crippen molar-refractivity contribution in [1.82, 2.24) is 0 Å². The molecule has 1 aromatic rings. The van der Waals surface area contributed by atoms with Crippen LogP contribution in [0.25, 0.3) is 6.08 Å². The monoisotopic (exact) mass is 173 g/mol. The number of hydrogen-bond acceptors (Lipinski definition) is 2. The number of hydrogen-bond donors (Lipinski definition) is 0. The van der Waals surface area contributed by atoms with Crippen molar-refractivity contribution in [3.8, 4) is 11.8 Å². The molecule has 0 radical (unpaired) electrons. The van der Waals surface area contributed by atoms with E-state index in [4.69, 9.17) is 10.00 Å². The van der Waals surface area contributed by atoms with E-state index in [9.17, 15) is 0 Å². The smallest absolute Gasteiger partial charge is 0.118 e. The van der Waals surface area contributed by atoms with Crippen molar-refractivity contribution in [2.24, 2.45) is 0 Å². The van der Waals surface area contributed by atoms with Gasteiger partial charge in [0.1, 0.15) is 5.75 Å². The Balaban J connectivity index is 2.88. The fourth-order valence-corrected chi connectivity index (χ4v) is 0.982. The summed E-state index contributed by atoms with van der Waals surface area (Å²) >= 11 is 0. The maximum atomic E-state index is 8.55. The molecule has 0 unspecified atom stereocenters. The largest absolute Gasteiger partial charge is 0.497 e. The topological polar surface area (TPSA) is 33.0 Å². The van der Waals surface area contributed by atoms with Crippen LogP contribution in [0.1, 0.15) is 12.5 Å². The lowest BCUT2D eigenvalue weighted by molar-refractivity contribution is 0.415. The van der Waals surface area contributed by atoms with Crippen molar-refractivity contribution in [2.75, 3.05) is 7.11 Å². The first-order valence-electron chi connectivity index (χ1n) is 3.98. The van der Waals surface area contributed by atoms with Gasteiger partial charge in [0, 0.05) is 5.57 Å². The minimum atomic E-state index is 0.699. The lowest BCUT2D eigenvalue weighted by Gasteiger charge is -1.98. The van der Waals surface area contributed by atoms with Crippen molar-refractivity contribution in [3.05, 3.63) is 35.4 Å². The third kappa shape index (κ3) is 2.64. The molecule has 0 atom stereocenters. The Labute approximate surface area is 78.1 Å². The van der Waals surface area contributed by atoms with Gasteiger partial charge in [-0.2, -0.15) is 5.26 Å². The van der Waals surface area contributed by atoms with Gasteiger partial charge in [-0.1, -0.05) is 12.1 Å². The molecule has 13 heavy (non-hydrogen) atoms. The average Bonchev–Trinajstić information content (AvgIpc) is 2.19. The van der Waals surface area contributed by atoms with Crippen LogP contribution in [-0.4, -0.2) is 7.11 Å².